The first-order valence-electron chi connectivity index (χ1n) is 5.12. The number of aliphatic imine (C=N–C) groups is 1. The van der Waals surface area contributed by atoms with Crippen molar-refractivity contribution in [3.05, 3.63) is 24.0 Å². The summed E-state index contributed by atoms with van der Waals surface area (Å²) in [4.78, 5) is 4.59. The third-order valence-corrected chi connectivity index (χ3v) is 3.17. The molecule has 0 bridgehead atoms. The highest BCUT2D eigenvalue weighted by Gasteiger charge is 2.20. The fourth-order valence-corrected chi connectivity index (χ4v) is 2.15. The van der Waals surface area contributed by atoms with Gasteiger partial charge in [0, 0.05) is 13.2 Å². The molecule has 0 spiro atoms. The lowest BCUT2D eigenvalue weighted by Crippen LogP contribution is -2.07. The van der Waals surface area contributed by atoms with Crippen molar-refractivity contribution in [1.82, 2.24) is 4.57 Å². The highest BCUT2D eigenvalue weighted by atomic mass is 32.2. The monoisotopic (exact) mass is 224 g/mol. The Hall–Kier alpha value is -0.900. The molecule has 1 aromatic rings. The molecule has 3 nitrogen and oxygen atoms in total. The Morgan fingerprint density at radius 2 is 2.53 bits per heavy atom. The normalized spacial score (nSPS) is 20.1. The second kappa shape index (κ2) is 4.75. The van der Waals surface area contributed by atoms with E-state index in [-0.39, 0.29) is 0 Å². The fourth-order valence-electron chi connectivity index (χ4n) is 1.64. The molecule has 0 amide bonds. The Labute approximate surface area is 94.5 Å². The maximum atomic E-state index is 5.61. The van der Waals surface area contributed by atoms with Crippen molar-refractivity contribution in [2.24, 2.45) is 12.0 Å². The Kier molecular flexibility index (Phi) is 3.36. The second-order valence-corrected chi connectivity index (χ2v) is 4.67. The van der Waals surface area contributed by atoms with Crippen molar-refractivity contribution in [3.63, 3.8) is 0 Å². The van der Waals surface area contributed by atoms with Crippen molar-refractivity contribution in [2.45, 2.75) is 12.5 Å². The molecule has 0 aromatic carbocycles. The molecule has 0 unspecified atom stereocenters. The predicted octanol–water partition coefficient (Wildman–Crippen LogP) is 1.92. The van der Waals surface area contributed by atoms with Crippen LogP contribution in [0.25, 0.3) is 0 Å². The third kappa shape index (κ3) is 2.37. The number of hydrogen-bond donors (Lipinski definition) is 0. The van der Waals surface area contributed by atoms with Crippen LogP contribution >= 0.6 is 11.8 Å². The SMILES string of the molecule is CSCC[C@H]1COC(c2cccn2C)=N1. The van der Waals surface area contributed by atoms with Gasteiger partial charge in [-0.2, -0.15) is 11.8 Å². The summed E-state index contributed by atoms with van der Waals surface area (Å²) in [5, 5.41) is 0. The third-order valence-electron chi connectivity index (χ3n) is 2.53. The van der Waals surface area contributed by atoms with Crippen molar-refractivity contribution in [1.29, 1.82) is 0 Å². The highest BCUT2D eigenvalue weighted by Crippen LogP contribution is 2.15. The van der Waals surface area contributed by atoms with Gasteiger partial charge in [0.05, 0.1) is 6.04 Å². The van der Waals surface area contributed by atoms with Crippen LogP contribution in [0.1, 0.15) is 12.1 Å². The first kappa shape index (κ1) is 10.6. The average Bonchev–Trinajstić information content (AvgIpc) is 2.83. The van der Waals surface area contributed by atoms with E-state index in [0.717, 1.165) is 30.4 Å². The lowest BCUT2D eigenvalue weighted by atomic mass is 10.3. The molecule has 2 heterocycles. The molecule has 15 heavy (non-hydrogen) atoms. The van der Waals surface area contributed by atoms with Gasteiger partial charge in [-0.15, -0.1) is 0 Å². The number of ether oxygens (including phenoxy) is 1. The van der Waals surface area contributed by atoms with Gasteiger partial charge in [0.2, 0.25) is 5.90 Å². The highest BCUT2D eigenvalue weighted by molar-refractivity contribution is 7.98. The number of aryl methyl sites for hydroxylation is 1. The molecule has 0 saturated carbocycles. The smallest absolute Gasteiger partial charge is 0.233 e. The standard InChI is InChI=1S/C11H16N2OS/c1-13-6-3-4-10(13)11-12-9(8-14-11)5-7-15-2/h3-4,6,9H,5,7-8H2,1-2H3/t9-/m0/s1. The predicted molar refractivity (Wildman–Crippen MR) is 64.7 cm³/mol. The largest absolute Gasteiger partial charge is 0.474 e. The zero-order valence-electron chi connectivity index (χ0n) is 9.14. The van der Waals surface area contributed by atoms with E-state index in [1.807, 2.05) is 41.7 Å². The molecule has 82 valence electrons. The minimum Gasteiger partial charge on any atom is -0.474 e. The van der Waals surface area contributed by atoms with Gasteiger partial charge in [0.25, 0.3) is 0 Å². The van der Waals surface area contributed by atoms with Gasteiger partial charge >= 0.3 is 0 Å². The minimum absolute atomic E-state index is 0.349. The topological polar surface area (TPSA) is 26.5 Å². The summed E-state index contributed by atoms with van der Waals surface area (Å²) in [6, 6.07) is 4.40. The summed E-state index contributed by atoms with van der Waals surface area (Å²) in [6.45, 7) is 0.737. The number of nitrogens with zero attached hydrogens (tertiary/aromatic N) is 2. The van der Waals surface area contributed by atoms with Crippen LogP contribution in [0.15, 0.2) is 23.3 Å². The van der Waals surface area contributed by atoms with Crippen LogP contribution in [0, 0.1) is 0 Å². The van der Waals surface area contributed by atoms with Crippen LogP contribution in [0.5, 0.6) is 0 Å². The molecule has 0 fully saturated rings. The summed E-state index contributed by atoms with van der Waals surface area (Å²) in [6.07, 6.45) is 5.24. The van der Waals surface area contributed by atoms with E-state index in [1.165, 1.54) is 0 Å². The Bertz CT molecular complexity index is 359. The number of rotatable bonds is 4. The lowest BCUT2D eigenvalue weighted by molar-refractivity contribution is 0.314. The number of aromatic nitrogens is 1. The first-order valence-corrected chi connectivity index (χ1v) is 6.52. The van der Waals surface area contributed by atoms with Gasteiger partial charge < -0.3 is 9.30 Å². The maximum absolute atomic E-state index is 5.61. The van der Waals surface area contributed by atoms with Gasteiger partial charge in [0.1, 0.15) is 12.3 Å². The van der Waals surface area contributed by atoms with E-state index in [1.54, 1.807) is 0 Å². The molecule has 0 aliphatic carbocycles. The van der Waals surface area contributed by atoms with E-state index in [2.05, 4.69) is 11.2 Å². The van der Waals surface area contributed by atoms with Crippen molar-refractivity contribution in [3.8, 4) is 0 Å². The summed E-state index contributed by atoms with van der Waals surface area (Å²) >= 11 is 1.86. The number of hydrogen-bond acceptors (Lipinski definition) is 3. The van der Waals surface area contributed by atoms with Crippen LogP contribution in [0.2, 0.25) is 0 Å². The van der Waals surface area contributed by atoms with Crippen LogP contribution in [-0.2, 0) is 11.8 Å². The summed E-state index contributed by atoms with van der Waals surface area (Å²) in [7, 11) is 2.01. The zero-order valence-corrected chi connectivity index (χ0v) is 9.96. The molecule has 2 rings (SSSR count). The number of thioether (sulfide) groups is 1. The van der Waals surface area contributed by atoms with E-state index >= 15 is 0 Å². The molecule has 1 atom stereocenters. The molecule has 4 heteroatoms. The van der Waals surface area contributed by atoms with Crippen molar-refractivity contribution < 1.29 is 4.74 Å². The van der Waals surface area contributed by atoms with E-state index in [9.17, 15) is 0 Å². The summed E-state index contributed by atoms with van der Waals surface area (Å²) < 4.78 is 7.65. The van der Waals surface area contributed by atoms with Crippen LogP contribution in [0.4, 0.5) is 0 Å². The molecular weight excluding hydrogens is 208 g/mol. The minimum atomic E-state index is 0.349. The maximum Gasteiger partial charge on any atom is 0.233 e. The van der Waals surface area contributed by atoms with Crippen molar-refractivity contribution >= 4 is 17.7 Å². The molecular formula is C11H16N2OS. The molecule has 1 aliphatic rings. The van der Waals surface area contributed by atoms with E-state index in [4.69, 9.17) is 4.74 Å². The van der Waals surface area contributed by atoms with Gasteiger partial charge in [-0.3, -0.25) is 0 Å². The molecule has 1 aromatic heterocycles. The van der Waals surface area contributed by atoms with Crippen LogP contribution < -0.4 is 0 Å². The first-order chi connectivity index (χ1) is 7.31. The lowest BCUT2D eigenvalue weighted by Gasteiger charge is -2.02. The van der Waals surface area contributed by atoms with E-state index in [0.29, 0.717) is 6.04 Å². The Morgan fingerprint density at radius 3 is 3.20 bits per heavy atom. The quantitative estimate of drug-likeness (QED) is 0.781. The van der Waals surface area contributed by atoms with Crippen LogP contribution in [0.3, 0.4) is 0 Å². The average molecular weight is 224 g/mol. The molecule has 0 saturated heterocycles. The Balaban J connectivity index is 2.03. The Morgan fingerprint density at radius 1 is 1.67 bits per heavy atom. The molecule has 0 radical (unpaired) electrons. The summed E-state index contributed by atoms with van der Waals surface area (Å²) in [5.41, 5.74) is 1.07. The second-order valence-electron chi connectivity index (χ2n) is 3.68. The van der Waals surface area contributed by atoms with Gasteiger partial charge in [-0.05, 0) is 30.6 Å². The molecule has 1 aliphatic heterocycles. The van der Waals surface area contributed by atoms with Gasteiger partial charge in [0.15, 0.2) is 0 Å². The van der Waals surface area contributed by atoms with E-state index < -0.39 is 0 Å². The molecule has 0 N–H and O–H groups in total. The van der Waals surface area contributed by atoms with Gasteiger partial charge in [-0.25, -0.2) is 4.99 Å². The van der Waals surface area contributed by atoms with Crippen LogP contribution in [-0.4, -0.2) is 35.1 Å². The zero-order chi connectivity index (χ0) is 10.7. The summed E-state index contributed by atoms with van der Waals surface area (Å²) in [5.74, 6) is 1.95. The van der Waals surface area contributed by atoms with Gasteiger partial charge in [-0.1, -0.05) is 0 Å². The fraction of sp³-hybridized carbons (Fsp3) is 0.545. The van der Waals surface area contributed by atoms with Crippen molar-refractivity contribution in [2.75, 3.05) is 18.6 Å².